The van der Waals surface area contributed by atoms with Crippen LogP contribution in [0.4, 0.5) is 0 Å². The molecule has 44 heavy (non-hydrogen) atoms. The topological polar surface area (TPSA) is 118 Å². The predicted octanol–water partition coefficient (Wildman–Crippen LogP) is 4.80. The molecule has 5 aliphatic rings. The third-order valence-corrected chi connectivity index (χ3v) is 13.2. The Kier molecular flexibility index (Phi) is 8.46. The molecule has 9 nitrogen and oxygen atoms in total. The molecule has 5 rings (SSSR count). The number of esters is 3. The summed E-state index contributed by atoms with van der Waals surface area (Å²) in [6.07, 6.45) is 5.05. The molecule has 0 spiro atoms. The smallest absolute Gasteiger partial charge is 0.334 e. The van der Waals surface area contributed by atoms with Crippen molar-refractivity contribution in [3.8, 4) is 0 Å². The molecule has 1 N–H and O–H groups in total. The third-order valence-electron chi connectivity index (χ3n) is 13.2. The standard InChI is InChI=1S/C35H52O9/c1-10-15-42-21(3)34-14-12-25-31(6,27(34)18-41-19-34)13-11-26-32(25,7)28(43-22(4)36)29(44-23(5)37)33(8)24(30(38)40-9)16-20(2)17-35(26,33)39/h10,16,20-21,25-29,39H,1,11-15,17-19H2,2-9H3/t20?,21?,25?,26?,27-,28+,29-,31+,32+,33+,34-,35+/m0/s1. The Morgan fingerprint density at radius 1 is 1.07 bits per heavy atom. The summed E-state index contributed by atoms with van der Waals surface area (Å²) in [5, 5.41) is 13.2. The van der Waals surface area contributed by atoms with Crippen molar-refractivity contribution in [2.24, 2.45) is 45.3 Å². The van der Waals surface area contributed by atoms with Gasteiger partial charge in [-0.15, -0.1) is 6.58 Å². The molecule has 0 radical (unpaired) electrons. The van der Waals surface area contributed by atoms with Crippen LogP contribution in [0.1, 0.15) is 80.6 Å². The Labute approximate surface area is 262 Å². The van der Waals surface area contributed by atoms with Crippen LogP contribution in [-0.2, 0) is 38.1 Å². The Hall–Kier alpha value is -2.23. The van der Waals surface area contributed by atoms with Crippen LogP contribution in [0.5, 0.6) is 0 Å². The van der Waals surface area contributed by atoms with Gasteiger partial charge in [-0.25, -0.2) is 4.79 Å². The first kappa shape index (κ1) is 33.1. The van der Waals surface area contributed by atoms with Gasteiger partial charge < -0.3 is 28.8 Å². The molecule has 0 aromatic carbocycles. The van der Waals surface area contributed by atoms with E-state index in [1.807, 2.05) is 13.0 Å². The maximum absolute atomic E-state index is 13.4. The molecule has 1 aliphatic heterocycles. The van der Waals surface area contributed by atoms with E-state index in [0.717, 1.165) is 19.3 Å². The molecule has 9 heteroatoms. The molecule has 246 valence electrons. The summed E-state index contributed by atoms with van der Waals surface area (Å²) in [7, 11) is 1.31. The van der Waals surface area contributed by atoms with E-state index in [2.05, 4.69) is 27.4 Å². The van der Waals surface area contributed by atoms with Crippen LogP contribution in [0.2, 0.25) is 0 Å². The highest BCUT2D eigenvalue weighted by atomic mass is 16.6. The summed E-state index contributed by atoms with van der Waals surface area (Å²) in [6, 6.07) is 0. The Balaban J connectivity index is 1.71. The van der Waals surface area contributed by atoms with E-state index in [0.29, 0.717) is 32.7 Å². The number of hydrogen-bond acceptors (Lipinski definition) is 9. The minimum atomic E-state index is -1.45. The van der Waals surface area contributed by atoms with Crippen molar-refractivity contribution in [2.75, 3.05) is 26.9 Å². The van der Waals surface area contributed by atoms with Crippen molar-refractivity contribution < 1.29 is 43.2 Å². The SMILES string of the molecule is C=CCOC(C)[C@@]12CCC3[C@]4(C)C(CC[C@@]3(C)[C@@H]1COC2)[C@]1(O)CC(C)C=C(C(=O)OC)[C@]1(C)[C@@H](OC(C)=O)[C@H]4OC(C)=O. The van der Waals surface area contributed by atoms with E-state index >= 15 is 0 Å². The molecule has 0 bridgehead atoms. The van der Waals surface area contributed by atoms with Gasteiger partial charge in [-0.05, 0) is 75.0 Å². The van der Waals surface area contributed by atoms with E-state index in [1.165, 1.54) is 21.0 Å². The van der Waals surface area contributed by atoms with Crippen LogP contribution in [0.15, 0.2) is 24.3 Å². The molecule has 12 atom stereocenters. The summed E-state index contributed by atoms with van der Waals surface area (Å²) in [5.74, 6) is -1.96. The molecule has 3 saturated carbocycles. The van der Waals surface area contributed by atoms with Gasteiger partial charge in [0.15, 0.2) is 6.10 Å². The van der Waals surface area contributed by atoms with Crippen molar-refractivity contribution in [3.05, 3.63) is 24.3 Å². The Bertz CT molecular complexity index is 1230. The lowest BCUT2D eigenvalue weighted by Crippen LogP contribution is -2.78. The highest BCUT2D eigenvalue weighted by Gasteiger charge is 2.79. The number of fused-ring (bicyclic) bond motifs is 7. The highest BCUT2D eigenvalue weighted by molar-refractivity contribution is 5.91. The van der Waals surface area contributed by atoms with Crippen LogP contribution in [0.3, 0.4) is 0 Å². The molecule has 1 heterocycles. The zero-order chi connectivity index (χ0) is 32.5. The lowest BCUT2D eigenvalue weighted by molar-refractivity contribution is -0.322. The minimum absolute atomic E-state index is 0.000971. The number of rotatable bonds is 7. The average Bonchev–Trinajstić information content (AvgIpc) is 3.41. The van der Waals surface area contributed by atoms with E-state index in [9.17, 15) is 19.5 Å². The second-order valence-corrected chi connectivity index (χ2v) is 15.1. The fourth-order valence-electron chi connectivity index (χ4n) is 11.3. The van der Waals surface area contributed by atoms with Gasteiger partial charge in [-0.1, -0.05) is 32.9 Å². The molecule has 4 fully saturated rings. The van der Waals surface area contributed by atoms with Gasteiger partial charge >= 0.3 is 17.9 Å². The summed E-state index contributed by atoms with van der Waals surface area (Å²) >= 11 is 0. The first-order chi connectivity index (χ1) is 20.6. The van der Waals surface area contributed by atoms with Crippen LogP contribution in [0.25, 0.3) is 0 Å². The van der Waals surface area contributed by atoms with Gasteiger partial charge in [0, 0.05) is 30.3 Å². The quantitative estimate of drug-likeness (QED) is 0.245. The first-order valence-corrected chi connectivity index (χ1v) is 16.3. The van der Waals surface area contributed by atoms with Crippen LogP contribution in [-0.4, -0.2) is 73.9 Å². The number of allylic oxidation sites excluding steroid dienone is 1. The van der Waals surface area contributed by atoms with E-state index < -0.39 is 46.5 Å². The summed E-state index contributed by atoms with van der Waals surface area (Å²) in [6.45, 7) is 18.6. The lowest BCUT2D eigenvalue weighted by atomic mass is 9.33. The second kappa shape index (κ2) is 11.2. The van der Waals surface area contributed by atoms with Gasteiger partial charge in [-0.3, -0.25) is 9.59 Å². The van der Waals surface area contributed by atoms with Gasteiger partial charge in [0.2, 0.25) is 0 Å². The maximum atomic E-state index is 13.4. The predicted molar refractivity (Wildman–Crippen MR) is 162 cm³/mol. The fraction of sp³-hybridized carbons (Fsp3) is 0.800. The normalized spacial score (nSPS) is 46.6. The molecule has 4 unspecified atom stereocenters. The van der Waals surface area contributed by atoms with Crippen molar-refractivity contribution >= 4 is 17.9 Å². The minimum Gasteiger partial charge on any atom is -0.466 e. The first-order valence-electron chi connectivity index (χ1n) is 16.3. The van der Waals surface area contributed by atoms with E-state index in [-0.39, 0.29) is 46.2 Å². The highest BCUT2D eigenvalue weighted by Crippen LogP contribution is 2.75. The third kappa shape index (κ3) is 4.38. The number of carbonyl (C=O) groups excluding carboxylic acids is 3. The molecule has 4 aliphatic carbocycles. The number of methoxy groups -OCH3 is 1. The van der Waals surface area contributed by atoms with Crippen LogP contribution in [0, 0.1) is 45.3 Å². The van der Waals surface area contributed by atoms with Crippen molar-refractivity contribution in [1.82, 2.24) is 0 Å². The van der Waals surface area contributed by atoms with E-state index in [1.54, 1.807) is 13.0 Å². The van der Waals surface area contributed by atoms with Gasteiger partial charge in [0.05, 0.1) is 44.1 Å². The van der Waals surface area contributed by atoms with Crippen LogP contribution >= 0.6 is 0 Å². The summed E-state index contributed by atoms with van der Waals surface area (Å²) in [5.41, 5.74) is -3.76. The zero-order valence-electron chi connectivity index (χ0n) is 27.8. The molecule has 0 amide bonds. The van der Waals surface area contributed by atoms with Gasteiger partial charge in [0.1, 0.15) is 6.10 Å². The Morgan fingerprint density at radius 3 is 2.32 bits per heavy atom. The van der Waals surface area contributed by atoms with Crippen molar-refractivity contribution in [3.63, 3.8) is 0 Å². The molecular formula is C35H52O9. The maximum Gasteiger partial charge on any atom is 0.334 e. The van der Waals surface area contributed by atoms with Crippen LogP contribution < -0.4 is 0 Å². The number of aliphatic hydroxyl groups is 1. The average molecular weight is 617 g/mol. The number of carbonyl (C=O) groups is 3. The molecular weight excluding hydrogens is 564 g/mol. The second-order valence-electron chi connectivity index (χ2n) is 15.1. The number of ether oxygens (including phenoxy) is 5. The largest absolute Gasteiger partial charge is 0.466 e. The zero-order valence-corrected chi connectivity index (χ0v) is 27.8. The van der Waals surface area contributed by atoms with Gasteiger partial charge in [0.25, 0.3) is 0 Å². The Morgan fingerprint density at radius 2 is 1.70 bits per heavy atom. The van der Waals surface area contributed by atoms with Gasteiger partial charge in [-0.2, -0.15) is 0 Å². The summed E-state index contributed by atoms with van der Waals surface area (Å²) in [4.78, 5) is 39.1. The summed E-state index contributed by atoms with van der Waals surface area (Å²) < 4.78 is 30.2. The fourth-order valence-corrected chi connectivity index (χ4v) is 11.3. The molecule has 1 saturated heterocycles. The molecule has 0 aromatic heterocycles. The van der Waals surface area contributed by atoms with Crippen molar-refractivity contribution in [2.45, 2.75) is 104 Å². The van der Waals surface area contributed by atoms with E-state index in [4.69, 9.17) is 23.7 Å². The molecule has 0 aromatic rings. The lowest BCUT2D eigenvalue weighted by Gasteiger charge is -2.73. The number of hydrogen-bond donors (Lipinski definition) is 1. The monoisotopic (exact) mass is 616 g/mol. The van der Waals surface area contributed by atoms with Crippen molar-refractivity contribution in [1.29, 1.82) is 0 Å².